The Kier molecular flexibility index (Phi) is 10.3. The predicted molar refractivity (Wildman–Crippen MR) is 616 cm³/mol. The fraction of sp³-hybridized carbons (Fsp3) is 0.210. The van der Waals surface area contributed by atoms with Gasteiger partial charge in [-0.15, -0.1) is 0 Å². The summed E-state index contributed by atoms with van der Waals surface area (Å²) in [6, 6.07) is 48.6. The van der Waals surface area contributed by atoms with Gasteiger partial charge in [-0.3, -0.25) is 9.69 Å². The first-order chi connectivity index (χ1) is 69.6. The van der Waals surface area contributed by atoms with E-state index in [2.05, 4.69) is 291 Å². The number of carbonyl (C=O) groups is 1. The Morgan fingerprint density at radius 3 is 0.710 bits per heavy atom. The number of hydrogen-bond donors (Lipinski definition) is 3. The third-order valence-electron chi connectivity index (χ3n) is 41.4. The van der Waals surface area contributed by atoms with Gasteiger partial charge in [-0.25, -0.2) is 9.97 Å². The van der Waals surface area contributed by atoms with Crippen molar-refractivity contribution in [1.82, 2.24) is 24.8 Å². The monoisotopic (exact) mass is 1840 g/mol. The molecule has 1 unspecified atom stereocenters. The maximum Gasteiger partial charge on any atom is 0.255 e. The van der Waals surface area contributed by atoms with E-state index in [1.165, 1.54) is 38.9 Å². The molecule has 1 saturated heterocycles. The number of carbonyl (C=O) groups excluding carboxylic acids is 1. The Bertz CT molecular complexity index is 12000. The van der Waals surface area contributed by atoms with Gasteiger partial charge in [0.1, 0.15) is 0 Å². The van der Waals surface area contributed by atoms with Crippen LogP contribution in [0.3, 0.4) is 0 Å². The van der Waals surface area contributed by atoms with E-state index in [4.69, 9.17) is 9.97 Å². The van der Waals surface area contributed by atoms with Gasteiger partial charge in [0.05, 0.1) is 33.6 Å². The quantitative estimate of drug-likeness (QED) is 0.139. The number of rotatable bonds is 7. The van der Waals surface area contributed by atoms with Gasteiger partial charge in [0, 0.05) is 68.2 Å². The molecule has 0 saturated carbocycles. The summed E-state index contributed by atoms with van der Waals surface area (Å²) in [6.07, 6.45) is 8.97. The lowest BCUT2D eigenvalue weighted by Gasteiger charge is -2.52. The van der Waals surface area contributed by atoms with Gasteiger partial charge in [0.25, 0.3) is 5.91 Å². The number of hydrogen-bond acceptors (Lipinski definition) is 4. The van der Waals surface area contributed by atoms with Crippen LogP contribution in [-0.4, -0.2) is 44.3 Å². The largest absolute Gasteiger partial charge is 0.354 e. The lowest BCUT2D eigenvalue weighted by atomic mass is 9.47. The molecule has 1 atom stereocenters. The molecule has 7 nitrogen and oxygen atoms in total. The second-order valence-corrected chi connectivity index (χ2v) is 53.8. The van der Waals surface area contributed by atoms with E-state index in [0.717, 1.165) is 102 Å². The van der Waals surface area contributed by atoms with E-state index in [1.807, 2.05) is 12.1 Å². The minimum atomic E-state index is -0.523. The Hall–Kier alpha value is -15.4. The molecule has 43 rings (SSSR count). The molecular formula is C138H88N6O. The van der Waals surface area contributed by atoms with Crippen LogP contribution in [0.1, 0.15) is 225 Å². The molecule has 36 aromatic rings. The van der Waals surface area contributed by atoms with Gasteiger partial charge in [0.2, 0.25) is 0 Å². The number of amides is 1. The molecule has 3 aromatic heterocycles. The van der Waals surface area contributed by atoms with E-state index in [9.17, 15) is 0 Å². The Morgan fingerprint density at radius 1 is 0.269 bits per heavy atom. The van der Waals surface area contributed by atoms with Crippen LogP contribution in [0.4, 0.5) is 5.69 Å². The van der Waals surface area contributed by atoms with Crippen molar-refractivity contribution in [2.45, 2.75) is 174 Å². The lowest BCUT2D eigenvalue weighted by molar-refractivity contribution is 0.102. The first kappa shape index (κ1) is 73.6. The van der Waals surface area contributed by atoms with Gasteiger partial charge in [-0.1, -0.05) is 203 Å². The number of likely N-dealkylation sites (tertiary alicyclic amines) is 1. The fourth-order valence-corrected chi connectivity index (χ4v) is 36.6. The molecular weight excluding hydrogens is 1760 g/mol. The molecule has 3 N–H and O–H groups in total. The lowest BCUT2D eigenvalue weighted by Crippen LogP contribution is -2.51. The van der Waals surface area contributed by atoms with Crippen molar-refractivity contribution < 1.29 is 4.79 Å². The van der Waals surface area contributed by atoms with Gasteiger partial charge < -0.3 is 15.3 Å². The smallest absolute Gasteiger partial charge is 0.255 e. The van der Waals surface area contributed by atoms with E-state index in [1.54, 1.807) is 313 Å². The van der Waals surface area contributed by atoms with Gasteiger partial charge >= 0.3 is 0 Å². The fourth-order valence-electron chi connectivity index (χ4n) is 36.6. The molecule has 3 aliphatic heterocycles. The average molecular weight is 1850 g/mol. The van der Waals surface area contributed by atoms with Gasteiger partial charge in [-0.2, -0.15) is 0 Å². The van der Waals surface area contributed by atoms with Crippen LogP contribution in [0.5, 0.6) is 0 Å². The average Bonchev–Trinajstić information content (AvgIpc) is 1.38. The van der Waals surface area contributed by atoms with Crippen molar-refractivity contribution in [3.05, 3.63) is 217 Å². The van der Waals surface area contributed by atoms with Crippen LogP contribution in [0.15, 0.2) is 127 Å². The van der Waals surface area contributed by atoms with Crippen molar-refractivity contribution >= 4 is 349 Å². The number of benzene rings is 23. The zero-order valence-corrected chi connectivity index (χ0v) is 84.0. The van der Waals surface area contributed by atoms with Crippen molar-refractivity contribution in [2.24, 2.45) is 0 Å². The topological polar surface area (TPSA) is 89.7 Å². The van der Waals surface area contributed by atoms with E-state index in [0.29, 0.717) is 5.56 Å². The molecule has 4 aliphatic carbocycles. The normalized spacial score (nSPS) is 18.6. The molecule has 8 bridgehead atoms. The Morgan fingerprint density at radius 2 is 0.483 bits per heavy atom. The number of likely N-dealkylation sites (N-methyl/N-ethyl adjacent to an activating group) is 1. The number of aromatic amines is 2. The van der Waals surface area contributed by atoms with Crippen LogP contribution in [0, 0.1) is 0 Å². The number of fused-ring (bicyclic) bond motifs is 8. The molecule has 0 radical (unpaired) electrons. The minimum absolute atomic E-state index is 0.0611. The van der Waals surface area contributed by atoms with Gasteiger partial charge in [-0.05, 0) is 487 Å². The maximum absolute atomic E-state index is 15.8. The SMILES string of the molecule is CN1CC23c4c5c6c7c8c9c(c%10c%11c2c2c4c4c%12c5c5c6c6c8c8c%13c9c9c%10c%10c%11c%11c2c2c4c4c%12c%12c5c5c6c8c6c8c%13c9c9c%10c%10c%11c2c2c4c4c%12c5c6c5c8c9c%10c2c45)C73C1c1ccc(NC(=O)c2ccc(-c3c4nc(c(-c5cc(C(C)(C)C)cc(C(C)(C)C)c5)c5ccc([nH]5)c(-c5cc(C(C)(C)C)cc(C(C)(C)C)c5)c5nc(c(-c6cc(C(C)(C)C)cc(C(C)(C)C)c6)c6ccc3[nH]6)C=C5)C=C4)cc2)cc1. The second kappa shape index (κ2) is 20.2. The summed E-state index contributed by atoms with van der Waals surface area (Å²) in [5.41, 5.74) is 30.5. The van der Waals surface area contributed by atoms with Crippen molar-refractivity contribution in [3.63, 3.8) is 0 Å². The van der Waals surface area contributed by atoms with E-state index < -0.39 is 10.8 Å². The first-order valence-electron chi connectivity index (χ1n) is 53.3. The summed E-state index contributed by atoms with van der Waals surface area (Å²) in [7, 11) is 2.55. The number of nitrogens with one attached hydrogen (secondary N) is 3. The third-order valence-corrected chi connectivity index (χ3v) is 41.4. The molecule has 7 aliphatic rings. The van der Waals surface area contributed by atoms with Crippen molar-refractivity contribution in [1.29, 1.82) is 0 Å². The third kappa shape index (κ3) is 6.56. The van der Waals surface area contributed by atoms with Crippen LogP contribution in [0.2, 0.25) is 0 Å². The predicted octanol–water partition coefficient (Wildman–Crippen LogP) is 36.7. The molecule has 145 heavy (non-hydrogen) atoms. The molecule has 1 amide bonds. The standard InChI is InChI=1S/C138H88N6O/c1-131(2,3)52-36-49(37-53(42-52)132(4,5)6)68-61-30-28-59(140-61)67(60-29-31-62(141-60)69(50-38-54(133(7,8)9)43-55(39-50)134(10,11)12)64-33-35-66(143-64)70(65-34-32-63(68)142-65)51-40-56(135(13,14)15)44-57(41-51)136(16,17)18)46-20-22-48(23-21-46)130(145)139-58-26-24-47(25-27-58)129-138-127-121-115-105-93-85-77-73-71-72-75-79(77)87(93)97-91-83(75)84-76(72)80-78-74(71)82-81(73)89-95(85)103-109-99(89)100-90(82)96-86(78)94-88(80)98-92(84)102-101(91)113(107(97)115)123(127)124-114(102)108(98)116-106(94)112-104(96)110(100)118-117(109)125(119(121)111(103)105)137(138,45-144(129)19)126(118)120(112)122(116)128(124)138/h20-44,129,140,143H,45H2,1-19H3,(H,139,145). The summed E-state index contributed by atoms with van der Waals surface area (Å²) < 4.78 is 0. The molecule has 2 spiro atoms. The van der Waals surface area contributed by atoms with E-state index in [-0.39, 0.29) is 44.4 Å². The highest BCUT2D eigenvalue weighted by atomic mass is 16.1. The van der Waals surface area contributed by atoms with Crippen LogP contribution < -0.4 is 5.32 Å². The summed E-state index contributed by atoms with van der Waals surface area (Å²) in [6.45, 7) is 42.9. The highest BCUT2D eigenvalue weighted by Crippen LogP contribution is 2.88. The number of nitrogens with zero attached hydrogens (tertiary/aromatic N) is 3. The zero-order valence-electron chi connectivity index (χ0n) is 84.0. The van der Waals surface area contributed by atoms with E-state index >= 15 is 4.79 Å². The maximum atomic E-state index is 15.8. The minimum Gasteiger partial charge on any atom is -0.354 e. The zero-order chi connectivity index (χ0) is 95.6. The molecule has 7 heteroatoms. The summed E-state index contributed by atoms with van der Waals surface area (Å²) >= 11 is 0. The van der Waals surface area contributed by atoms with Crippen LogP contribution in [-0.2, 0) is 43.3 Å². The Labute approximate surface area is 826 Å². The summed E-state index contributed by atoms with van der Waals surface area (Å²) in [5, 5.41) is 90.9. The number of H-pyrrole nitrogens is 2. The number of anilines is 1. The highest BCUT2D eigenvalue weighted by Gasteiger charge is 2.76. The number of aromatic nitrogens is 4. The highest BCUT2D eigenvalue weighted by molar-refractivity contribution is 6.82. The van der Waals surface area contributed by atoms with Crippen molar-refractivity contribution in [2.75, 3.05) is 18.9 Å². The first-order valence-corrected chi connectivity index (χ1v) is 53.3. The summed E-state index contributed by atoms with van der Waals surface area (Å²) in [4.78, 5) is 39.0. The van der Waals surface area contributed by atoms with Crippen LogP contribution in [0.25, 0.3) is 382 Å². The Balaban J connectivity index is 0.514. The molecule has 676 valence electrons. The second-order valence-electron chi connectivity index (χ2n) is 53.8. The van der Waals surface area contributed by atoms with Crippen molar-refractivity contribution in [3.8, 4) is 44.5 Å². The molecule has 6 heterocycles. The molecule has 33 aromatic carbocycles. The molecule has 1 fully saturated rings. The van der Waals surface area contributed by atoms with Crippen LogP contribution >= 0.6 is 0 Å². The summed E-state index contributed by atoms with van der Waals surface area (Å²) in [5.74, 6) is -0.153. The van der Waals surface area contributed by atoms with Gasteiger partial charge in [0.15, 0.2) is 0 Å².